The molecular weight excluding hydrogens is 266 g/mol. The number of ether oxygens (including phenoxy) is 3. The van der Waals surface area contributed by atoms with E-state index in [1.165, 1.54) is 5.56 Å². The second-order valence-corrected chi connectivity index (χ2v) is 5.80. The molecule has 0 bridgehead atoms. The number of methoxy groups -OCH3 is 1. The molecule has 0 radical (unpaired) electrons. The topological polar surface area (TPSA) is 39.7 Å². The standard InChI is InChI=1S/C17H27NO3/c1-19-11-9-18-13-17(8-5-10-20-14-17)15-21-12-16-6-3-2-4-7-16/h2-4,6-7,18H,5,8-15H2,1H3. The van der Waals surface area contributed by atoms with Crippen molar-refractivity contribution in [3.8, 4) is 0 Å². The molecule has 21 heavy (non-hydrogen) atoms. The zero-order chi connectivity index (χ0) is 14.8. The molecule has 0 aromatic heterocycles. The fourth-order valence-electron chi connectivity index (χ4n) is 2.70. The maximum Gasteiger partial charge on any atom is 0.0717 e. The Bertz CT molecular complexity index is 377. The molecule has 1 unspecified atom stereocenters. The molecule has 1 aromatic carbocycles. The van der Waals surface area contributed by atoms with E-state index in [9.17, 15) is 0 Å². The third-order valence-corrected chi connectivity index (χ3v) is 3.91. The molecule has 1 fully saturated rings. The van der Waals surface area contributed by atoms with E-state index in [1.54, 1.807) is 7.11 Å². The van der Waals surface area contributed by atoms with Crippen LogP contribution in [0.1, 0.15) is 18.4 Å². The average molecular weight is 293 g/mol. The van der Waals surface area contributed by atoms with Gasteiger partial charge in [0.2, 0.25) is 0 Å². The van der Waals surface area contributed by atoms with Crippen LogP contribution in [0.2, 0.25) is 0 Å². The molecule has 1 N–H and O–H groups in total. The van der Waals surface area contributed by atoms with Crippen LogP contribution >= 0.6 is 0 Å². The summed E-state index contributed by atoms with van der Waals surface area (Å²) in [7, 11) is 1.73. The normalized spacial score (nSPS) is 22.3. The summed E-state index contributed by atoms with van der Waals surface area (Å²) in [5.74, 6) is 0. The van der Waals surface area contributed by atoms with Gasteiger partial charge in [0.1, 0.15) is 0 Å². The summed E-state index contributed by atoms with van der Waals surface area (Å²) in [5, 5.41) is 3.46. The zero-order valence-corrected chi connectivity index (χ0v) is 13.0. The Kier molecular flexibility index (Phi) is 7.16. The summed E-state index contributed by atoms with van der Waals surface area (Å²) in [6, 6.07) is 10.3. The highest BCUT2D eigenvalue weighted by molar-refractivity contribution is 5.13. The first kappa shape index (κ1) is 16.4. The Labute approximate surface area is 127 Å². The highest BCUT2D eigenvalue weighted by atomic mass is 16.5. The smallest absolute Gasteiger partial charge is 0.0717 e. The number of nitrogens with one attached hydrogen (secondary N) is 1. The molecule has 1 saturated heterocycles. The molecule has 4 nitrogen and oxygen atoms in total. The summed E-state index contributed by atoms with van der Waals surface area (Å²) in [5.41, 5.74) is 1.32. The first-order valence-electron chi connectivity index (χ1n) is 7.74. The lowest BCUT2D eigenvalue weighted by Crippen LogP contribution is -2.45. The Morgan fingerprint density at radius 1 is 1.29 bits per heavy atom. The second kappa shape index (κ2) is 9.15. The van der Waals surface area contributed by atoms with Gasteiger partial charge in [0, 0.05) is 32.2 Å². The van der Waals surface area contributed by atoms with Crippen LogP contribution in [-0.4, -0.2) is 46.6 Å². The SMILES string of the molecule is COCCNCC1(COCc2ccccc2)CCCOC1. The highest BCUT2D eigenvalue weighted by Gasteiger charge is 2.32. The summed E-state index contributed by atoms with van der Waals surface area (Å²) in [6.07, 6.45) is 2.27. The van der Waals surface area contributed by atoms with Gasteiger partial charge in [-0.25, -0.2) is 0 Å². The van der Waals surface area contributed by atoms with Gasteiger partial charge in [-0.15, -0.1) is 0 Å². The molecule has 4 heteroatoms. The van der Waals surface area contributed by atoms with Gasteiger partial charge in [0.05, 0.1) is 26.4 Å². The van der Waals surface area contributed by atoms with E-state index in [-0.39, 0.29) is 5.41 Å². The van der Waals surface area contributed by atoms with Crippen molar-refractivity contribution in [1.29, 1.82) is 0 Å². The van der Waals surface area contributed by atoms with Crippen LogP contribution in [0.4, 0.5) is 0 Å². The van der Waals surface area contributed by atoms with Crippen LogP contribution in [0.3, 0.4) is 0 Å². The van der Waals surface area contributed by atoms with E-state index < -0.39 is 0 Å². The summed E-state index contributed by atoms with van der Waals surface area (Å²) in [4.78, 5) is 0. The first-order valence-corrected chi connectivity index (χ1v) is 7.74. The Hall–Kier alpha value is -0.940. The van der Waals surface area contributed by atoms with E-state index >= 15 is 0 Å². The van der Waals surface area contributed by atoms with Crippen LogP contribution < -0.4 is 5.32 Å². The first-order chi connectivity index (χ1) is 10.3. The van der Waals surface area contributed by atoms with Crippen LogP contribution in [-0.2, 0) is 20.8 Å². The zero-order valence-electron chi connectivity index (χ0n) is 13.0. The molecule has 2 rings (SSSR count). The quantitative estimate of drug-likeness (QED) is 0.709. The van der Waals surface area contributed by atoms with Crippen molar-refractivity contribution >= 4 is 0 Å². The van der Waals surface area contributed by atoms with Crippen molar-refractivity contribution in [2.24, 2.45) is 5.41 Å². The Morgan fingerprint density at radius 3 is 2.86 bits per heavy atom. The van der Waals surface area contributed by atoms with Crippen LogP contribution in [0, 0.1) is 5.41 Å². The molecule has 0 saturated carbocycles. The van der Waals surface area contributed by atoms with E-state index in [4.69, 9.17) is 14.2 Å². The molecule has 118 valence electrons. The maximum absolute atomic E-state index is 5.97. The van der Waals surface area contributed by atoms with Gasteiger partial charge in [-0.2, -0.15) is 0 Å². The minimum absolute atomic E-state index is 0.0980. The van der Waals surface area contributed by atoms with Gasteiger partial charge in [-0.05, 0) is 18.4 Å². The monoisotopic (exact) mass is 293 g/mol. The van der Waals surface area contributed by atoms with Gasteiger partial charge in [0.15, 0.2) is 0 Å². The number of hydrogen-bond acceptors (Lipinski definition) is 4. The van der Waals surface area contributed by atoms with Crippen molar-refractivity contribution in [2.75, 3.05) is 46.6 Å². The van der Waals surface area contributed by atoms with E-state index in [0.29, 0.717) is 6.61 Å². The van der Waals surface area contributed by atoms with Gasteiger partial charge in [-0.1, -0.05) is 30.3 Å². The molecule has 0 spiro atoms. The Morgan fingerprint density at radius 2 is 2.14 bits per heavy atom. The summed E-state index contributed by atoms with van der Waals surface area (Å²) in [6.45, 7) is 5.59. The fourth-order valence-corrected chi connectivity index (χ4v) is 2.70. The third kappa shape index (κ3) is 5.75. The molecule has 1 atom stereocenters. The van der Waals surface area contributed by atoms with Crippen LogP contribution in [0.25, 0.3) is 0 Å². The average Bonchev–Trinajstić information content (AvgIpc) is 2.54. The highest BCUT2D eigenvalue weighted by Crippen LogP contribution is 2.28. The number of rotatable bonds is 9. The van der Waals surface area contributed by atoms with Crippen LogP contribution in [0.15, 0.2) is 30.3 Å². The lowest BCUT2D eigenvalue weighted by Gasteiger charge is -2.37. The van der Waals surface area contributed by atoms with Gasteiger partial charge in [0.25, 0.3) is 0 Å². The third-order valence-electron chi connectivity index (χ3n) is 3.91. The largest absolute Gasteiger partial charge is 0.383 e. The van der Waals surface area contributed by atoms with Crippen molar-refractivity contribution < 1.29 is 14.2 Å². The lowest BCUT2D eigenvalue weighted by molar-refractivity contribution is -0.0621. The van der Waals surface area contributed by atoms with E-state index in [2.05, 4.69) is 17.4 Å². The second-order valence-electron chi connectivity index (χ2n) is 5.80. The van der Waals surface area contributed by atoms with E-state index in [1.807, 2.05) is 18.2 Å². The molecule has 1 aliphatic heterocycles. The van der Waals surface area contributed by atoms with Crippen molar-refractivity contribution in [3.05, 3.63) is 35.9 Å². The predicted octanol–water partition coefficient (Wildman–Crippen LogP) is 2.24. The fraction of sp³-hybridized carbons (Fsp3) is 0.647. The summed E-state index contributed by atoms with van der Waals surface area (Å²) >= 11 is 0. The molecule has 0 amide bonds. The maximum atomic E-state index is 5.97. The summed E-state index contributed by atoms with van der Waals surface area (Å²) < 4.78 is 16.7. The Balaban J connectivity index is 1.78. The molecule has 1 heterocycles. The minimum atomic E-state index is 0.0980. The molecule has 1 aromatic rings. The predicted molar refractivity (Wildman–Crippen MR) is 83.3 cm³/mol. The minimum Gasteiger partial charge on any atom is -0.383 e. The number of benzene rings is 1. The number of hydrogen-bond donors (Lipinski definition) is 1. The van der Waals surface area contributed by atoms with Crippen LogP contribution in [0.5, 0.6) is 0 Å². The lowest BCUT2D eigenvalue weighted by atomic mass is 9.83. The van der Waals surface area contributed by atoms with Gasteiger partial charge < -0.3 is 19.5 Å². The van der Waals surface area contributed by atoms with Gasteiger partial charge in [-0.3, -0.25) is 0 Å². The van der Waals surface area contributed by atoms with Crippen molar-refractivity contribution in [3.63, 3.8) is 0 Å². The van der Waals surface area contributed by atoms with Crippen molar-refractivity contribution in [1.82, 2.24) is 5.32 Å². The van der Waals surface area contributed by atoms with E-state index in [0.717, 1.165) is 52.4 Å². The molecule has 0 aliphatic carbocycles. The van der Waals surface area contributed by atoms with Crippen molar-refractivity contribution in [2.45, 2.75) is 19.4 Å². The molecule has 1 aliphatic rings. The van der Waals surface area contributed by atoms with Gasteiger partial charge >= 0.3 is 0 Å². The molecular formula is C17H27NO3.